The highest BCUT2D eigenvalue weighted by molar-refractivity contribution is 6.35. The second kappa shape index (κ2) is 7.66. The number of hydrogen-bond acceptors (Lipinski definition) is 4. The highest BCUT2D eigenvalue weighted by Crippen LogP contribution is 2.41. The van der Waals surface area contributed by atoms with Gasteiger partial charge in [-0.25, -0.2) is 14.1 Å². The number of quaternary nitrogens is 1. The van der Waals surface area contributed by atoms with Crippen LogP contribution in [-0.2, 0) is 14.4 Å². The average Bonchev–Trinajstić information content (AvgIpc) is 3.02. The molecule has 1 fully saturated rings. The molecule has 0 radical (unpaired) electrons. The molecule has 1 saturated heterocycles. The van der Waals surface area contributed by atoms with Crippen molar-refractivity contribution in [3.05, 3.63) is 30.1 Å². The summed E-state index contributed by atoms with van der Waals surface area (Å²) in [6.07, 6.45) is 5.02. The topological polar surface area (TPSA) is 84.3 Å². The fourth-order valence-electron chi connectivity index (χ4n) is 3.97. The SMILES string of the molecule is CCC[N+]1(C(=O)C(=O)C(C)(C)CC)CCC(c2cccnc2)C1C(=O)O. The van der Waals surface area contributed by atoms with Crippen LogP contribution in [0.3, 0.4) is 0 Å². The quantitative estimate of drug-likeness (QED) is 0.596. The van der Waals surface area contributed by atoms with E-state index in [0.29, 0.717) is 32.4 Å². The number of carbonyl (C=O) groups excluding carboxylic acids is 2. The van der Waals surface area contributed by atoms with Crippen molar-refractivity contribution in [2.45, 2.75) is 58.9 Å². The van der Waals surface area contributed by atoms with Crippen LogP contribution >= 0.6 is 0 Å². The summed E-state index contributed by atoms with van der Waals surface area (Å²) in [6.45, 7) is 8.01. The number of amides is 1. The normalized spacial score (nSPS) is 25.8. The van der Waals surface area contributed by atoms with Crippen molar-refractivity contribution >= 4 is 17.7 Å². The molecule has 2 heterocycles. The van der Waals surface area contributed by atoms with E-state index >= 15 is 0 Å². The molecule has 2 rings (SSSR count). The predicted octanol–water partition coefficient (Wildman–Crippen LogP) is 2.78. The molecule has 0 aromatic carbocycles. The third-order valence-corrected chi connectivity index (χ3v) is 5.84. The number of nitrogens with zero attached hydrogens (tertiary/aromatic N) is 2. The molecule has 142 valence electrons. The Labute approximate surface area is 154 Å². The van der Waals surface area contributed by atoms with Crippen molar-refractivity contribution in [1.82, 2.24) is 4.98 Å². The van der Waals surface area contributed by atoms with Gasteiger partial charge in [-0.15, -0.1) is 0 Å². The lowest BCUT2D eigenvalue weighted by atomic mass is 9.83. The average molecular weight is 361 g/mol. The van der Waals surface area contributed by atoms with E-state index in [1.165, 1.54) is 0 Å². The fourth-order valence-corrected chi connectivity index (χ4v) is 3.97. The van der Waals surface area contributed by atoms with Crippen molar-refractivity contribution < 1.29 is 24.0 Å². The van der Waals surface area contributed by atoms with Crippen molar-refractivity contribution in [2.75, 3.05) is 13.1 Å². The van der Waals surface area contributed by atoms with Crippen LogP contribution in [0.5, 0.6) is 0 Å². The highest BCUT2D eigenvalue weighted by Gasteiger charge is 2.59. The number of carboxylic acids is 1. The van der Waals surface area contributed by atoms with E-state index in [1.54, 1.807) is 32.3 Å². The molecule has 1 aromatic rings. The molecular weight excluding hydrogens is 332 g/mol. The van der Waals surface area contributed by atoms with Crippen LogP contribution in [0.15, 0.2) is 24.5 Å². The fraction of sp³-hybridized carbons (Fsp3) is 0.600. The molecule has 0 aliphatic carbocycles. The molecule has 26 heavy (non-hydrogen) atoms. The second-order valence-electron chi connectivity index (χ2n) is 7.82. The van der Waals surface area contributed by atoms with E-state index < -0.39 is 29.1 Å². The lowest BCUT2D eigenvalue weighted by Crippen LogP contribution is -2.63. The van der Waals surface area contributed by atoms with Crippen molar-refractivity contribution in [3.63, 3.8) is 0 Å². The van der Waals surface area contributed by atoms with Gasteiger partial charge >= 0.3 is 11.9 Å². The molecule has 1 aromatic heterocycles. The third-order valence-electron chi connectivity index (χ3n) is 5.84. The number of hydrogen-bond donors (Lipinski definition) is 1. The lowest BCUT2D eigenvalue weighted by molar-refractivity contribution is -0.855. The summed E-state index contributed by atoms with van der Waals surface area (Å²) in [4.78, 5) is 42.5. The molecule has 3 atom stereocenters. The number of likely N-dealkylation sites (tertiary alicyclic amines) is 1. The van der Waals surface area contributed by atoms with E-state index in [2.05, 4.69) is 4.98 Å². The molecule has 6 heteroatoms. The zero-order chi connectivity index (χ0) is 19.5. The number of carbonyl (C=O) groups is 3. The number of aliphatic carboxylic acids is 1. The summed E-state index contributed by atoms with van der Waals surface area (Å²) in [5.41, 5.74) is 0.0249. The first kappa shape index (κ1) is 20.2. The molecule has 1 aliphatic heterocycles. The Bertz CT molecular complexity index is 686. The van der Waals surface area contributed by atoms with E-state index in [1.807, 2.05) is 19.9 Å². The van der Waals surface area contributed by atoms with Gasteiger partial charge in [0.1, 0.15) is 0 Å². The van der Waals surface area contributed by atoms with E-state index in [9.17, 15) is 19.5 Å². The minimum Gasteiger partial charge on any atom is -0.477 e. The Balaban J connectivity index is 2.50. The maximum atomic E-state index is 13.3. The van der Waals surface area contributed by atoms with Gasteiger partial charge in [0.05, 0.1) is 19.0 Å². The predicted molar refractivity (Wildman–Crippen MR) is 97.4 cm³/mol. The first-order valence-electron chi connectivity index (χ1n) is 9.30. The van der Waals surface area contributed by atoms with Crippen LogP contribution < -0.4 is 0 Å². The molecule has 1 aliphatic rings. The maximum Gasteiger partial charge on any atom is 0.383 e. The molecule has 0 spiro atoms. The van der Waals surface area contributed by atoms with Gasteiger partial charge in [-0.2, -0.15) is 0 Å². The molecule has 0 bridgehead atoms. The van der Waals surface area contributed by atoms with Gasteiger partial charge in [0.2, 0.25) is 6.04 Å². The molecule has 0 saturated carbocycles. The summed E-state index contributed by atoms with van der Waals surface area (Å²) < 4.78 is -0.284. The number of aromatic nitrogens is 1. The first-order chi connectivity index (χ1) is 12.2. The Morgan fingerprint density at radius 1 is 1.31 bits per heavy atom. The van der Waals surface area contributed by atoms with Crippen LogP contribution in [-0.4, -0.2) is 51.4 Å². The van der Waals surface area contributed by atoms with Gasteiger partial charge in [0.15, 0.2) is 0 Å². The van der Waals surface area contributed by atoms with Gasteiger partial charge < -0.3 is 5.11 Å². The summed E-state index contributed by atoms with van der Waals surface area (Å²) in [5.74, 6) is -2.38. The molecule has 1 amide bonds. The van der Waals surface area contributed by atoms with Gasteiger partial charge in [0.25, 0.3) is 5.78 Å². The van der Waals surface area contributed by atoms with E-state index in [0.717, 1.165) is 5.56 Å². The lowest BCUT2D eigenvalue weighted by Gasteiger charge is -2.37. The number of ketones is 1. The number of pyridine rings is 1. The van der Waals surface area contributed by atoms with Crippen LogP contribution in [0.25, 0.3) is 0 Å². The first-order valence-corrected chi connectivity index (χ1v) is 9.30. The Kier molecular flexibility index (Phi) is 5.96. The Hall–Kier alpha value is -2.08. The van der Waals surface area contributed by atoms with Crippen molar-refractivity contribution in [1.29, 1.82) is 0 Å². The van der Waals surface area contributed by atoms with Gasteiger partial charge in [-0.05, 0) is 24.5 Å². The van der Waals surface area contributed by atoms with Gasteiger partial charge in [-0.1, -0.05) is 33.8 Å². The summed E-state index contributed by atoms with van der Waals surface area (Å²) in [6, 6.07) is 2.67. The minimum absolute atomic E-state index is 0.284. The number of Topliss-reactive ketones (excluding diaryl/α,β-unsaturated/α-hetero) is 1. The summed E-state index contributed by atoms with van der Waals surface area (Å²) >= 11 is 0. The monoisotopic (exact) mass is 361 g/mol. The van der Waals surface area contributed by atoms with Crippen LogP contribution in [0.1, 0.15) is 58.4 Å². The maximum absolute atomic E-state index is 13.3. The highest BCUT2D eigenvalue weighted by atomic mass is 16.4. The smallest absolute Gasteiger partial charge is 0.383 e. The zero-order valence-corrected chi connectivity index (χ0v) is 16.1. The van der Waals surface area contributed by atoms with Gasteiger partial charge in [0, 0.05) is 24.2 Å². The van der Waals surface area contributed by atoms with Crippen LogP contribution in [0.4, 0.5) is 0 Å². The number of carboxylic acid groups (broad SMARTS) is 1. The minimum atomic E-state index is -1.03. The van der Waals surface area contributed by atoms with E-state index in [-0.39, 0.29) is 10.4 Å². The Morgan fingerprint density at radius 2 is 2.00 bits per heavy atom. The zero-order valence-electron chi connectivity index (χ0n) is 16.1. The molecule has 6 nitrogen and oxygen atoms in total. The standard InChI is InChI=1S/C20H28N2O4/c1-5-11-22(18(24)17(23)20(3,4)6-2)12-9-15(16(22)19(25)26)14-8-7-10-21-13-14/h7-8,10,13,15-16H,5-6,9,11-12H2,1-4H3/p+1. The van der Waals surface area contributed by atoms with Crippen LogP contribution in [0.2, 0.25) is 0 Å². The third kappa shape index (κ3) is 3.43. The molecule has 3 unspecified atom stereocenters. The Morgan fingerprint density at radius 3 is 2.50 bits per heavy atom. The molecular formula is C20H29N2O4+. The summed E-state index contributed by atoms with van der Waals surface area (Å²) in [7, 11) is 0. The molecule has 1 N–H and O–H groups in total. The van der Waals surface area contributed by atoms with Crippen molar-refractivity contribution in [3.8, 4) is 0 Å². The van der Waals surface area contributed by atoms with Gasteiger partial charge in [-0.3, -0.25) is 9.78 Å². The van der Waals surface area contributed by atoms with Crippen LogP contribution in [0, 0.1) is 5.41 Å². The number of rotatable bonds is 7. The largest absolute Gasteiger partial charge is 0.477 e. The van der Waals surface area contributed by atoms with E-state index in [4.69, 9.17) is 0 Å². The second-order valence-corrected chi connectivity index (χ2v) is 7.82. The summed E-state index contributed by atoms with van der Waals surface area (Å²) in [5, 5.41) is 10.00. The van der Waals surface area contributed by atoms with Crippen molar-refractivity contribution in [2.24, 2.45) is 5.41 Å².